The highest BCUT2D eigenvalue weighted by Crippen LogP contribution is 1.95. The number of ether oxygens (including phenoxy) is 2. The summed E-state index contributed by atoms with van der Waals surface area (Å²) in [5.74, 6) is 0. The molecular weight excluding hydrogens is 208 g/mol. The van der Waals surface area contributed by atoms with Gasteiger partial charge in [0.1, 0.15) is 12.2 Å². The summed E-state index contributed by atoms with van der Waals surface area (Å²) < 4.78 is 9.49. The Labute approximate surface area is 86.9 Å². The zero-order chi connectivity index (χ0) is 11.7. The van der Waals surface area contributed by atoms with Crippen molar-refractivity contribution in [1.82, 2.24) is 0 Å². The summed E-state index contributed by atoms with van der Waals surface area (Å²) >= 11 is 0. The van der Waals surface area contributed by atoms with Crippen LogP contribution in [0.15, 0.2) is 0 Å². The molecule has 0 aliphatic heterocycles. The van der Waals surface area contributed by atoms with Crippen molar-refractivity contribution in [2.75, 3.05) is 26.4 Å². The van der Waals surface area contributed by atoms with Gasteiger partial charge in [-0.25, -0.2) is 0 Å². The van der Waals surface area contributed by atoms with Gasteiger partial charge in [-0.05, 0) is 0 Å². The average molecular weight is 224 g/mol. The number of hydrogen-bond acceptors (Lipinski definition) is 7. The normalized spacial score (nSPS) is 17.1. The number of hydrogen-bond donors (Lipinski definition) is 4. The monoisotopic (exact) mass is 224 g/mol. The molecule has 0 aromatic heterocycles. The van der Waals surface area contributed by atoms with Crippen LogP contribution in [0, 0.1) is 0 Å². The zero-order valence-electron chi connectivity index (χ0n) is 8.15. The van der Waals surface area contributed by atoms with Crippen LogP contribution in [0.5, 0.6) is 0 Å². The number of rotatable bonds is 9. The van der Waals surface area contributed by atoms with Crippen LogP contribution in [0.3, 0.4) is 0 Å². The van der Waals surface area contributed by atoms with Crippen molar-refractivity contribution in [2.45, 2.75) is 18.5 Å². The highest BCUT2D eigenvalue weighted by molar-refractivity contribution is 5.53. The first-order chi connectivity index (χ1) is 7.13. The molecule has 2 unspecified atom stereocenters. The average Bonchev–Trinajstić information content (AvgIpc) is 2.28. The smallest absolute Gasteiger partial charge is 0.214 e. The van der Waals surface area contributed by atoms with Gasteiger partial charge in [0.25, 0.3) is 0 Å². The molecule has 7 nitrogen and oxygen atoms in total. The SMILES string of the molecule is O=CC(OCC(O)CO)OCC(O)CO. The molecule has 0 radical (unpaired) electrons. The molecule has 0 saturated heterocycles. The van der Waals surface area contributed by atoms with Crippen LogP contribution in [0.2, 0.25) is 0 Å². The Balaban J connectivity index is 3.68. The molecule has 0 heterocycles. The third kappa shape index (κ3) is 7.37. The molecule has 0 saturated carbocycles. The van der Waals surface area contributed by atoms with Crippen LogP contribution in [0.1, 0.15) is 0 Å². The van der Waals surface area contributed by atoms with Crippen molar-refractivity contribution in [3.8, 4) is 0 Å². The number of carbonyl (C=O) groups is 1. The number of aldehydes is 1. The van der Waals surface area contributed by atoms with Gasteiger partial charge < -0.3 is 29.9 Å². The second-order valence-corrected chi connectivity index (χ2v) is 2.84. The summed E-state index contributed by atoms with van der Waals surface area (Å²) in [6, 6.07) is 0. The maximum absolute atomic E-state index is 10.4. The Kier molecular flexibility index (Phi) is 8.38. The summed E-state index contributed by atoms with van der Waals surface area (Å²) in [7, 11) is 0. The van der Waals surface area contributed by atoms with E-state index < -0.39 is 31.7 Å². The minimum Gasteiger partial charge on any atom is -0.394 e. The minimum absolute atomic E-state index is 0.255. The quantitative estimate of drug-likeness (QED) is 0.248. The van der Waals surface area contributed by atoms with Gasteiger partial charge in [-0.15, -0.1) is 0 Å². The lowest BCUT2D eigenvalue weighted by Crippen LogP contribution is -2.30. The molecule has 2 atom stereocenters. The van der Waals surface area contributed by atoms with Crippen LogP contribution in [-0.4, -0.2) is 71.6 Å². The molecule has 0 aromatic rings. The molecule has 0 aliphatic carbocycles. The summed E-state index contributed by atoms with van der Waals surface area (Å²) in [5, 5.41) is 34.7. The van der Waals surface area contributed by atoms with Gasteiger partial charge in [0.15, 0.2) is 6.29 Å². The maximum atomic E-state index is 10.4. The summed E-state index contributed by atoms with van der Waals surface area (Å²) in [5.41, 5.74) is 0. The molecule has 0 rings (SSSR count). The molecule has 0 amide bonds. The van der Waals surface area contributed by atoms with E-state index in [0.29, 0.717) is 6.29 Å². The first-order valence-electron chi connectivity index (χ1n) is 4.40. The van der Waals surface area contributed by atoms with E-state index in [1.54, 1.807) is 0 Å². The Morgan fingerprint density at radius 3 is 1.67 bits per heavy atom. The topological polar surface area (TPSA) is 116 Å². The molecule has 0 fully saturated rings. The second-order valence-electron chi connectivity index (χ2n) is 2.84. The van der Waals surface area contributed by atoms with Gasteiger partial charge in [-0.1, -0.05) is 0 Å². The number of aliphatic hydroxyl groups excluding tert-OH is 4. The van der Waals surface area contributed by atoms with Crippen molar-refractivity contribution >= 4 is 6.29 Å². The third-order valence-corrected chi connectivity index (χ3v) is 1.44. The lowest BCUT2D eigenvalue weighted by molar-refractivity contribution is -0.175. The summed E-state index contributed by atoms with van der Waals surface area (Å²) in [6.07, 6.45) is -3.06. The summed E-state index contributed by atoms with van der Waals surface area (Å²) in [4.78, 5) is 10.4. The van der Waals surface area contributed by atoms with E-state index in [0.717, 1.165) is 0 Å². The molecule has 0 aromatic carbocycles. The Morgan fingerprint density at radius 2 is 1.40 bits per heavy atom. The number of aliphatic hydroxyl groups is 4. The van der Waals surface area contributed by atoms with Crippen molar-refractivity contribution in [1.29, 1.82) is 0 Å². The van der Waals surface area contributed by atoms with Crippen molar-refractivity contribution in [2.24, 2.45) is 0 Å². The highest BCUT2D eigenvalue weighted by Gasteiger charge is 2.13. The molecule has 7 heteroatoms. The first kappa shape index (κ1) is 14.4. The third-order valence-electron chi connectivity index (χ3n) is 1.44. The van der Waals surface area contributed by atoms with Gasteiger partial charge >= 0.3 is 0 Å². The van der Waals surface area contributed by atoms with Gasteiger partial charge in [0.2, 0.25) is 6.29 Å². The number of carbonyl (C=O) groups excluding carboxylic acids is 1. The van der Waals surface area contributed by atoms with E-state index in [9.17, 15) is 4.79 Å². The molecule has 15 heavy (non-hydrogen) atoms. The highest BCUT2D eigenvalue weighted by atomic mass is 16.7. The standard InChI is InChI=1S/C8H16O7/c9-1-6(12)4-14-8(3-11)15-5-7(13)2-10/h3,6-10,12-13H,1-2,4-5H2. The van der Waals surface area contributed by atoms with E-state index in [1.807, 2.05) is 0 Å². The van der Waals surface area contributed by atoms with Gasteiger partial charge in [-0.2, -0.15) is 0 Å². The lowest BCUT2D eigenvalue weighted by atomic mass is 10.4. The van der Waals surface area contributed by atoms with Crippen LogP contribution < -0.4 is 0 Å². The minimum atomic E-state index is -1.23. The second kappa shape index (κ2) is 8.72. The fourth-order valence-corrected chi connectivity index (χ4v) is 0.644. The summed E-state index contributed by atoms with van der Waals surface area (Å²) in [6.45, 7) is -1.47. The largest absolute Gasteiger partial charge is 0.394 e. The fourth-order valence-electron chi connectivity index (χ4n) is 0.644. The lowest BCUT2D eigenvalue weighted by Gasteiger charge is -2.16. The molecule has 0 bridgehead atoms. The van der Waals surface area contributed by atoms with Crippen molar-refractivity contribution in [3.63, 3.8) is 0 Å². The van der Waals surface area contributed by atoms with Gasteiger partial charge in [0, 0.05) is 0 Å². The van der Waals surface area contributed by atoms with E-state index in [-0.39, 0.29) is 13.2 Å². The maximum Gasteiger partial charge on any atom is 0.214 e. The molecule has 90 valence electrons. The molecular formula is C8H16O7. The molecule has 0 aliphatic rings. The predicted octanol–water partition coefficient (Wildman–Crippen LogP) is -2.75. The molecule has 0 spiro atoms. The van der Waals surface area contributed by atoms with Crippen LogP contribution >= 0.6 is 0 Å². The Bertz CT molecular complexity index is 149. The van der Waals surface area contributed by atoms with Crippen LogP contribution in [-0.2, 0) is 14.3 Å². The van der Waals surface area contributed by atoms with Crippen LogP contribution in [0.4, 0.5) is 0 Å². The van der Waals surface area contributed by atoms with E-state index in [1.165, 1.54) is 0 Å². The van der Waals surface area contributed by atoms with Crippen LogP contribution in [0.25, 0.3) is 0 Å². The van der Waals surface area contributed by atoms with Gasteiger partial charge in [-0.3, -0.25) is 4.79 Å². The first-order valence-corrected chi connectivity index (χ1v) is 4.40. The van der Waals surface area contributed by atoms with Crippen molar-refractivity contribution < 1.29 is 34.7 Å². The van der Waals surface area contributed by atoms with Gasteiger partial charge in [0.05, 0.1) is 26.4 Å². The van der Waals surface area contributed by atoms with E-state index in [2.05, 4.69) is 0 Å². The zero-order valence-corrected chi connectivity index (χ0v) is 8.15. The van der Waals surface area contributed by atoms with Crippen molar-refractivity contribution in [3.05, 3.63) is 0 Å². The Hall–Kier alpha value is -0.570. The Morgan fingerprint density at radius 1 is 1.00 bits per heavy atom. The fraction of sp³-hybridized carbons (Fsp3) is 0.875. The van der Waals surface area contributed by atoms with E-state index >= 15 is 0 Å². The predicted molar refractivity (Wildman–Crippen MR) is 47.9 cm³/mol. The van der Waals surface area contributed by atoms with E-state index in [4.69, 9.17) is 29.9 Å². The molecule has 4 N–H and O–H groups in total.